The second kappa shape index (κ2) is 12.4. The van der Waals surface area contributed by atoms with Gasteiger partial charge in [0.15, 0.2) is 11.5 Å². The maximum Gasteiger partial charge on any atom is 0.295 e. The number of ether oxygens (including phenoxy) is 5. The Bertz CT molecular complexity index is 1400. The van der Waals surface area contributed by atoms with Crippen LogP contribution < -0.4 is 23.7 Å². The quantitative estimate of drug-likeness (QED) is 0.210. The SMILES string of the molecule is CCOc1ccc(/C(O)=C2\C(=O)C(=O)N(Cc3cccnc3)C2c2cc(OC)c(OC)c(OC)c2)c(OCC)c1. The van der Waals surface area contributed by atoms with Crippen LogP contribution in [0.4, 0.5) is 0 Å². The van der Waals surface area contributed by atoms with Gasteiger partial charge in [-0.3, -0.25) is 14.6 Å². The van der Waals surface area contributed by atoms with Crippen LogP contribution in [0.3, 0.4) is 0 Å². The highest BCUT2D eigenvalue weighted by Crippen LogP contribution is 2.47. The Morgan fingerprint density at radius 3 is 2.20 bits per heavy atom. The Morgan fingerprint density at radius 1 is 0.925 bits per heavy atom. The number of likely N-dealkylation sites (tertiary alicyclic amines) is 1. The molecule has 1 aromatic heterocycles. The molecular formula is C30H32N2O8. The number of hydrogen-bond donors (Lipinski definition) is 1. The van der Waals surface area contributed by atoms with E-state index in [0.29, 0.717) is 53.1 Å². The second-order valence-electron chi connectivity index (χ2n) is 8.77. The molecule has 0 radical (unpaired) electrons. The average Bonchev–Trinajstić information content (AvgIpc) is 3.22. The molecule has 210 valence electrons. The number of aliphatic hydroxyl groups excluding tert-OH is 1. The Balaban J connectivity index is 1.96. The van der Waals surface area contributed by atoms with Gasteiger partial charge >= 0.3 is 0 Å². The average molecular weight is 549 g/mol. The molecule has 2 heterocycles. The van der Waals surface area contributed by atoms with Crippen molar-refractivity contribution in [1.29, 1.82) is 0 Å². The zero-order chi connectivity index (χ0) is 28.8. The van der Waals surface area contributed by atoms with E-state index in [-0.39, 0.29) is 23.4 Å². The first-order valence-electron chi connectivity index (χ1n) is 12.8. The van der Waals surface area contributed by atoms with Crippen LogP contribution in [0.25, 0.3) is 5.76 Å². The Labute approximate surface area is 232 Å². The van der Waals surface area contributed by atoms with Crippen LogP contribution in [-0.4, -0.2) is 61.2 Å². The first kappa shape index (κ1) is 28.3. The second-order valence-corrected chi connectivity index (χ2v) is 8.77. The molecule has 10 heteroatoms. The van der Waals surface area contributed by atoms with E-state index in [9.17, 15) is 14.7 Å². The zero-order valence-electron chi connectivity index (χ0n) is 23.1. The number of hydrogen-bond acceptors (Lipinski definition) is 9. The molecule has 3 aromatic rings. The van der Waals surface area contributed by atoms with Crippen molar-refractivity contribution in [2.24, 2.45) is 0 Å². The monoisotopic (exact) mass is 548 g/mol. The summed E-state index contributed by atoms with van der Waals surface area (Å²) in [5.41, 5.74) is 1.33. The molecule has 1 aliphatic rings. The Morgan fingerprint density at radius 2 is 1.62 bits per heavy atom. The first-order valence-corrected chi connectivity index (χ1v) is 12.8. The number of carbonyl (C=O) groups excluding carboxylic acids is 2. The van der Waals surface area contributed by atoms with E-state index in [1.165, 1.54) is 26.2 Å². The number of pyridine rings is 1. The number of benzene rings is 2. The number of aromatic nitrogens is 1. The van der Waals surface area contributed by atoms with E-state index in [0.717, 1.165) is 0 Å². The molecule has 4 rings (SSSR count). The summed E-state index contributed by atoms with van der Waals surface area (Å²) < 4.78 is 27.9. The van der Waals surface area contributed by atoms with Crippen LogP contribution in [0.15, 0.2) is 60.4 Å². The summed E-state index contributed by atoms with van der Waals surface area (Å²) in [6, 6.07) is 10.8. The topological polar surface area (TPSA) is 117 Å². The summed E-state index contributed by atoms with van der Waals surface area (Å²) in [4.78, 5) is 32.6. The highest BCUT2D eigenvalue weighted by molar-refractivity contribution is 6.46. The smallest absolute Gasteiger partial charge is 0.295 e. The lowest BCUT2D eigenvalue weighted by atomic mass is 9.94. The third-order valence-corrected chi connectivity index (χ3v) is 6.44. The van der Waals surface area contributed by atoms with Crippen molar-refractivity contribution in [2.75, 3.05) is 34.5 Å². The van der Waals surface area contributed by atoms with Crippen LogP contribution in [-0.2, 0) is 16.1 Å². The number of nitrogens with zero attached hydrogens (tertiary/aromatic N) is 2. The van der Waals surface area contributed by atoms with Gasteiger partial charge in [-0.25, -0.2) is 0 Å². The minimum absolute atomic E-state index is 0.0676. The molecule has 1 aliphatic heterocycles. The van der Waals surface area contributed by atoms with Crippen LogP contribution in [0.5, 0.6) is 28.7 Å². The summed E-state index contributed by atoms with van der Waals surface area (Å²) >= 11 is 0. The van der Waals surface area contributed by atoms with E-state index in [2.05, 4.69) is 4.98 Å². The number of rotatable bonds is 11. The van der Waals surface area contributed by atoms with Crippen molar-refractivity contribution >= 4 is 17.4 Å². The van der Waals surface area contributed by atoms with E-state index in [4.69, 9.17) is 23.7 Å². The van der Waals surface area contributed by atoms with E-state index in [1.807, 2.05) is 6.92 Å². The molecule has 40 heavy (non-hydrogen) atoms. The molecule has 1 atom stereocenters. The lowest BCUT2D eigenvalue weighted by Gasteiger charge is -2.26. The van der Waals surface area contributed by atoms with Gasteiger partial charge in [0.25, 0.3) is 11.7 Å². The third kappa shape index (κ3) is 5.38. The number of aliphatic hydroxyl groups is 1. The maximum atomic E-state index is 13.6. The number of Topliss-reactive ketones (excluding diaryl/α,β-unsaturated/α-hetero) is 1. The highest BCUT2D eigenvalue weighted by atomic mass is 16.5. The largest absolute Gasteiger partial charge is 0.507 e. The van der Waals surface area contributed by atoms with Crippen LogP contribution in [0.1, 0.15) is 36.6 Å². The van der Waals surface area contributed by atoms with Gasteiger partial charge in [0.2, 0.25) is 5.75 Å². The molecule has 1 fully saturated rings. The lowest BCUT2D eigenvalue weighted by molar-refractivity contribution is -0.140. The van der Waals surface area contributed by atoms with Gasteiger partial charge in [-0.2, -0.15) is 0 Å². The third-order valence-electron chi connectivity index (χ3n) is 6.44. The van der Waals surface area contributed by atoms with Crippen molar-refractivity contribution in [2.45, 2.75) is 26.4 Å². The van der Waals surface area contributed by atoms with Crippen molar-refractivity contribution in [3.8, 4) is 28.7 Å². The minimum atomic E-state index is -0.991. The molecule has 2 aromatic carbocycles. The molecule has 1 N–H and O–H groups in total. The molecule has 1 unspecified atom stereocenters. The first-order chi connectivity index (χ1) is 19.4. The van der Waals surface area contributed by atoms with Crippen LogP contribution in [0.2, 0.25) is 0 Å². The number of methoxy groups -OCH3 is 3. The molecule has 10 nitrogen and oxygen atoms in total. The summed E-state index contributed by atoms with van der Waals surface area (Å²) in [7, 11) is 4.43. The van der Waals surface area contributed by atoms with Gasteiger partial charge in [-0.05, 0) is 55.3 Å². The fourth-order valence-electron chi connectivity index (χ4n) is 4.71. The zero-order valence-corrected chi connectivity index (χ0v) is 23.1. The standard InChI is InChI=1S/C30H32N2O8/c1-6-39-20-10-11-21(22(15-20)40-7-2)27(33)25-26(19-13-23(36-3)29(38-5)24(14-19)37-4)32(30(35)28(25)34)17-18-9-8-12-31-16-18/h8-16,26,33H,6-7,17H2,1-5H3/b27-25+. The minimum Gasteiger partial charge on any atom is -0.507 e. The van der Waals surface area contributed by atoms with E-state index >= 15 is 0 Å². The molecular weight excluding hydrogens is 516 g/mol. The summed E-state index contributed by atoms with van der Waals surface area (Å²) in [6.45, 7) is 4.48. The molecule has 0 aliphatic carbocycles. The molecule has 0 saturated carbocycles. The normalized spacial score (nSPS) is 16.1. The van der Waals surface area contributed by atoms with Gasteiger partial charge in [-0.15, -0.1) is 0 Å². The Kier molecular flexibility index (Phi) is 8.78. The molecule has 1 saturated heterocycles. The molecule has 0 spiro atoms. The van der Waals surface area contributed by atoms with Crippen molar-refractivity contribution < 1.29 is 38.4 Å². The summed E-state index contributed by atoms with van der Waals surface area (Å²) in [6.07, 6.45) is 3.24. The fourth-order valence-corrected chi connectivity index (χ4v) is 4.71. The van der Waals surface area contributed by atoms with E-state index in [1.54, 1.807) is 61.8 Å². The van der Waals surface area contributed by atoms with Gasteiger partial charge in [0.1, 0.15) is 17.3 Å². The number of carbonyl (C=O) groups is 2. The van der Waals surface area contributed by atoms with E-state index < -0.39 is 17.7 Å². The van der Waals surface area contributed by atoms with Crippen molar-refractivity contribution in [3.63, 3.8) is 0 Å². The van der Waals surface area contributed by atoms with Gasteiger partial charge in [0.05, 0.1) is 51.7 Å². The predicted octanol–water partition coefficient (Wildman–Crippen LogP) is 4.53. The van der Waals surface area contributed by atoms with Gasteiger partial charge < -0.3 is 33.7 Å². The van der Waals surface area contributed by atoms with Gasteiger partial charge in [0, 0.05) is 25.0 Å². The maximum absolute atomic E-state index is 13.6. The van der Waals surface area contributed by atoms with Crippen molar-refractivity contribution in [1.82, 2.24) is 9.88 Å². The van der Waals surface area contributed by atoms with Crippen molar-refractivity contribution in [3.05, 3.63) is 77.1 Å². The highest BCUT2D eigenvalue weighted by Gasteiger charge is 2.47. The van der Waals surface area contributed by atoms with Crippen LogP contribution in [0, 0.1) is 0 Å². The van der Waals surface area contributed by atoms with Gasteiger partial charge in [-0.1, -0.05) is 6.07 Å². The summed E-state index contributed by atoms with van der Waals surface area (Å²) in [5, 5.41) is 11.7. The molecule has 1 amide bonds. The number of ketones is 1. The fraction of sp³-hybridized carbons (Fsp3) is 0.300. The Hall–Kier alpha value is -4.73. The molecule has 0 bridgehead atoms. The lowest BCUT2D eigenvalue weighted by Crippen LogP contribution is -2.29. The van der Waals surface area contributed by atoms with Crippen LogP contribution >= 0.6 is 0 Å². The summed E-state index contributed by atoms with van der Waals surface area (Å²) in [5.74, 6) is -0.113. The predicted molar refractivity (Wildman–Crippen MR) is 147 cm³/mol. The number of amides is 1.